The minimum Gasteiger partial charge on any atom is -0.466 e. The van der Waals surface area contributed by atoms with Crippen molar-refractivity contribution in [1.29, 1.82) is 0 Å². The van der Waals surface area contributed by atoms with Crippen LogP contribution in [0, 0.1) is 11.8 Å². The van der Waals surface area contributed by atoms with Crippen LogP contribution in [0.3, 0.4) is 0 Å². The van der Waals surface area contributed by atoms with Crippen molar-refractivity contribution in [3.05, 3.63) is 0 Å². The number of rotatable bonds is 3. The fourth-order valence-electron chi connectivity index (χ4n) is 4.49. The van der Waals surface area contributed by atoms with E-state index in [9.17, 15) is 9.59 Å². The van der Waals surface area contributed by atoms with Crippen LogP contribution in [0.15, 0.2) is 0 Å². The largest absolute Gasteiger partial charge is 0.466 e. The number of halogens is 1. The second-order valence-electron chi connectivity index (χ2n) is 5.50. The fraction of sp³-hybridized carbons (Fsp3) is 0.846. The van der Waals surface area contributed by atoms with E-state index in [4.69, 9.17) is 30.5 Å². The number of hydrogen-bond donors (Lipinski definition) is 0. The van der Waals surface area contributed by atoms with Crippen molar-refractivity contribution < 1.29 is 28.5 Å². The van der Waals surface area contributed by atoms with E-state index >= 15 is 0 Å². The van der Waals surface area contributed by atoms with Gasteiger partial charge in [0.15, 0.2) is 0 Å². The zero-order chi connectivity index (χ0) is 14.8. The quantitative estimate of drug-likeness (QED) is 0.437. The van der Waals surface area contributed by atoms with Gasteiger partial charge in [-0.1, -0.05) is 6.42 Å². The third kappa shape index (κ3) is 1.09. The summed E-state index contributed by atoms with van der Waals surface area (Å²) in [5.41, 5.74) is -1.62. The number of esters is 2. The van der Waals surface area contributed by atoms with E-state index in [0.717, 1.165) is 19.3 Å². The van der Waals surface area contributed by atoms with Gasteiger partial charge in [0.2, 0.25) is 4.87 Å². The van der Waals surface area contributed by atoms with E-state index in [1.54, 1.807) is 0 Å². The van der Waals surface area contributed by atoms with E-state index in [2.05, 4.69) is 0 Å². The number of methoxy groups -OCH3 is 3. The lowest BCUT2D eigenvalue weighted by atomic mass is 9.84. The number of fused-ring (bicyclic) bond motifs is 5. The molecule has 1 saturated heterocycles. The van der Waals surface area contributed by atoms with E-state index in [1.807, 2.05) is 0 Å². The number of alkyl halides is 1. The Morgan fingerprint density at radius 2 is 1.85 bits per heavy atom. The highest BCUT2D eigenvalue weighted by Gasteiger charge is 2.91. The summed E-state index contributed by atoms with van der Waals surface area (Å²) in [7, 11) is 3.97. The Morgan fingerprint density at radius 3 is 2.40 bits per heavy atom. The summed E-state index contributed by atoms with van der Waals surface area (Å²) in [5, 5.41) is 0. The van der Waals surface area contributed by atoms with E-state index < -0.39 is 28.2 Å². The highest BCUT2D eigenvalue weighted by atomic mass is 35.5. The smallest absolute Gasteiger partial charge is 0.356 e. The average molecular weight is 305 g/mol. The van der Waals surface area contributed by atoms with Gasteiger partial charge in [0.25, 0.3) is 11.4 Å². The van der Waals surface area contributed by atoms with Gasteiger partial charge in [-0.15, -0.1) is 11.6 Å². The average Bonchev–Trinajstić information content (AvgIpc) is 3.05. The topological polar surface area (TPSA) is 71.1 Å². The van der Waals surface area contributed by atoms with Gasteiger partial charge >= 0.3 is 11.9 Å². The van der Waals surface area contributed by atoms with Gasteiger partial charge in [0.1, 0.15) is 0 Å². The van der Waals surface area contributed by atoms with E-state index in [1.165, 1.54) is 21.3 Å². The molecule has 2 saturated carbocycles. The number of carbonyl (C=O) groups excluding carboxylic acids is 2. The maximum Gasteiger partial charge on any atom is 0.356 e. The summed E-state index contributed by atoms with van der Waals surface area (Å²) in [6.07, 6.45) is 2.33. The molecule has 112 valence electrons. The van der Waals surface area contributed by atoms with Crippen LogP contribution in [-0.4, -0.2) is 49.5 Å². The Hall–Kier alpha value is -0.850. The minimum absolute atomic E-state index is 0.218. The predicted molar refractivity (Wildman–Crippen MR) is 67.0 cm³/mol. The molecular weight excluding hydrogens is 288 g/mol. The first-order chi connectivity index (χ1) is 9.46. The third-order valence-corrected chi connectivity index (χ3v) is 5.81. The monoisotopic (exact) mass is 304 g/mol. The van der Waals surface area contributed by atoms with Crippen LogP contribution in [0.5, 0.6) is 0 Å². The molecule has 1 heterocycles. The second kappa shape index (κ2) is 4.08. The van der Waals surface area contributed by atoms with Crippen molar-refractivity contribution in [2.45, 2.75) is 35.5 Å². The van der Waals surface area contributed by atoms with Gasteiger partial charge in [-0.2, -0.15) is 0 Å². The molecule has 3 rings (SSSR count). The molecule has 20 heavy (non-hydrogen) atoms. The molecule has 0 amide bonds. The van der Waals surface area contributed by atoms with Crippen LogP contribution >= 0.6 is 11.6 Å². The zero-order valence-electron chi connectivity index (χ0n) is 11.6. The number of carbonyl (C=O) groups is 2. The molecule has 0 aromatic rings. The first kappa shape index (κ1) is 14.1. The molecule has 0 N–H and O–H groups in total. The molecule has 0 aromatic carbocycles. The third-order valence-electron chi connectivity index (χ3n) is 5.13. The Morgan fingerprint density at radius 1 is 1.25 bits per heavy atom. The van der Waals surface area contributed by atoms with E-state index in [-0.39, 0.29) is 11.8 Å². The summed E-state index contributed by atoms with van der Waals surface area (Å²) in [4.78, 5) is 23.3. The number of ether oxygens (including phenoxy) is 4. The highest BCUT2D eigenvalue weighted by Crippen LogP contribution is 2.70. The molecule has 3 fully saturated rings. The van der Waals surface area contributed by atoms with Crippen LogP contribution in [0.4, 0.5) is 0 Å². The molecule has 0 aromatic heterocycles. The molecule has 0 unspecified atom stereocenters. The standard InChI is InChI=1S/C13H17ClO6/c1-17-10(16)12-8-6-4-5-7(8)11(14,9(15)20-12)13(12,18-2)19-3/h7-8H,4-6H2,1-3H3/t7-,8+,11-,12-/m0/s1. The molecule has 6 nitrogen and oxygen atoms in total. The van der Waals surface area contributed by atoms with Gasteiger partial charge in [-0.25, -0.2) is 9.59 Å². The molecule has 0 radical (unpaired) electrons. The molecule has 7 heteroatoms. The maximum atomic E-state index is 12.4. The Balaban J connectivity index is 2.28. The van der Waals surface area contributed by atoms with Gasteiger partial charge in [0, 0.05) is 26.1 Å². The molecule has 2 aliphatic carbocycles. The molecule has 0 spiro atoms. The van der Waals surface area contributed by atoms with Crippen LogP contribution in [0.1, 0.15) is 19.3 Å². The summed E-state index contributed by atoms with van der Waals surface area (Å²) in [5.74, 6) is -3.46. The normalized spacial score (nSPS) is 44.3. The van der Waals surface area contributed by atoms with Crippen molar-refractivity contribution >= 4 is 23.5 Å². The first-order valence-corrected chi connectivity index (χ1v) is 6.95. The summed E-state index contributed by atoms with van der Waals surface area (Å²) in [6, 6.07) is 0. The van der Waals surface area contributed by atoms with Crippen molar-refractivity contribution in [1.82, 2.24) is 0 Å². The second-order valence-corrected chi connectivity index (χ2v) is 6.09. The molecule has 1 aliphatic heterocycles. The van der Waals surface area contributed by atoms with Gasteiger partial charge in [-0.3, -0.25) is 0 Å². The first-order valence-electron chi connectivity index (χ1n) is 6.57. The lowest BCUT2D eigenvalue weighted by Gasteiger charge is -2.39. The summed E-state index contributed by atoms with van der Waals surface area (Å²) < 4.78 is 21.2. The summed E-state index contributed by atoms with van der Waals surface area (Å²) in [6.45, 7) is 0. The van der Waals surface area contributed by atoms with Crippen molar-refractivity contribution in [2.24, 2.45) is 11.8 Å². The van der Waals surface area contributed by atoms with Crippen molar-refractivity contribution in [3.63, 3.8) is 0 Å². The lowest BCUT2D eigenvalue weighted by Crippen LogP contribution is -2.63. The lowest BCUT2D eigenvalue weighted by molar-refractivity contribution is -0.274. The zero-order valence-corrected chi connectivity index (χ0v) is 12.4. The Kier molecular flexibility index (Phi) is 2.88. The van der Waals surface area contributed by atoms with Crippen LogP contribution < -0.4 is 0 Å². The molecule has 4 atom stereocenters. The maximum absolute atomic E-state index is 12.4. The summed E-state index contributed by atoms with van der Waals surface area (Å²) >= 11 is 6.63. The molecular formula is C13H17ClO6. The Labute approximate surface area is 121 Å². The van der Waals surface area contributed by atoms with Crippen LogP contribution in [0.25, 0.3) is 0 Å². The van der Waals surface area contributed by atoms with Gasteiger partial charge < -0.3 is 18.9 Å². The SMILES string of the molecule is COC(=O)[C@@]12OC(=O)[C@@](Cl)([C@H]3CCC[C@H]31)C2(OC)OC. The van der Waals surface area contributed by atoms with Crippen LogP contribution in [-0.2, 0) is 28.5 Å². The molecule has 2 bridgehead atoms. The Bertz CT molecular complexity index is 475. The minimum atomic E-state index is -1.65. The van der Waals surface area contributed by atoms with Crippen molar-refractivity contribution in [2.75, 3.05) is 21.3 Å². The van der Waals surface area contributed by atoms with Crippen LogP contribution in [0.2, 0.25) is 0 Å². The highest BCUT2D eigenvalue weighted by molar-refractivity contribution is 6.37. The molecule has 3 aliphatic rings. The van der Waals surface area contributed by atoms with Gasteiger partial charge in [-0.05, 0) is 12.8 Å². The fourth-order valence-corrected chi connectivity index (χ4v) is 5.09. The van der Waals surface area contributed by atoms with E-state index in [0.29, 0.717) is 0 Å². The number of hydrogen-bond acceptors (Lipinski definition) is 6. The van der Waals surface area contributed by atoms with Gasteiger partial charge in [0.05, 0.1) is 7.11 Å². The predicted octanol–water partition coefficient (Wildman–Crippen LogP) is 0.852. The van der Waals surface area contributed by atoms with Crippen molar-refractivity contribution in [3.8, 4) is 0 Å².